The maximum Gasteiger partial charge on any atom is 0.252 e. The van der Waals surface area contributed by atoms with Gasteiger partial charge in [-0.3, -0.25) is 4.79 Å². The quantitative estimate of drug-likeness (QED) is 0.689. The molecule has 0 aliphatic heterocycles. The first kappa shape index (κ1) is 16.6. The molecule has 0 saturated heterocycles. The predicted molar refractivity (Wildman–Crippen MR) is 81.5 cm³/mol. The molecule has 0 aliphatic rings. The molecule has 0 bridgehead atoms. The zero-order valence-electron chi connectivity index (χ0n) is 10.7. The Labute approximate surface area is 130 Å². The van der Waals surface area contributed by atoms with Crippen LogP contribution in [0.25, 0.3) is 0 Å². The third-order valence-electron chi connectivity index (χ3n) is 2.36. The predicted octanol–water partition coefficient (Wildman–Crippen LogP) is 2.99. The molecule has 106 valence electrons. The monoisotopic (exact) mass is 393 g/mol. The summed E-state index contributed by atoms with van der Waals surface area (Å²) in [5.74, 6) is -0.0868. The van der Waals surface area contributed by atoms with Crippen molar-refractivity contribution in [1.82, 2.24) is 5.32 Å². The first-order valence-electron chi connectivity index (χ1n) is 5.95. The molecule has 19 heavy (non-hydrogen) atoms. The highest BCUT2D eigenvalue weighted by molar-refractivity contribution is 9.11. The van der Waals surface area contributed by atoms with Crippen molar-refractivity contribution < 1.29 is 14.3 Å². The molecule has 1 rings (SSSR count). The summed E-state index contributed by atoms with van der Waals surface area (Å²) in [6.45, 7) is 2.39. The normalized spacial score (nSPS) is 10.5. The van der Waals surface area contributed by atoms with Gasteiger partial charge in [0, 0.05) is 29.2 Å². The van der Waals surface area contributed by atoms with E-state index < -0.39 is 0 Å². The first-order valence-corrected chi connectivity index (χ1v) is 7.53. The molecule has 0 spiro atoms. The number of carbonyl (C=O) groups excluding carboxylic acids is 1. The summed E-state index contributed by atoms with van der Waals surface area (Å²) >= 11 is 6.72. The summed E-state index contributed by atoms with van der Waals surface area (Å²) in [5.41, 5.74) is 0.628. The van der Waals surface area contributed by atoms with Gasteiger partial charge in [0.05, 0.1) is 18.8 Å². The van der Waals surface area contributed by atoms with Gasteiger partial charge >= 0.3 is 0 Å². The zero-order valence-corrected chi connectivity index (χ0v) is 13.9. The lowest BCUT2D eigenvalue weighted by molar-refractivity contribution is 0.0688. The van der Waals surface area contributed by atoms with E-state index in [4.69, 9.17) is 9.47 Å². The smallest absolute Gasteiger partial charge is 0.252 e. The van der Waals surface area contributed by atoms with Crippen molar-refractivity contribution >= 4 is 37.8 Å². The molecule has 0 radical (unpaired) electrons. The molecule has 0 atom stereocenters. The minimum atomic E-state index is -0.0868. The molecule has 0 unspecified atom stereocenters. The molecule has 0 fully saturated rings. The average molecular weight is 395 g/mol. The Hall–Kier alpha value is -0.430. The number of nitrogens with one attached hydrogen (secondary N) is 1. The number of rotatable bonds is 8. The Morgan fingerprint density at radius 1 is 1.26 bits per heavy atom. The van der Waals surface area contributed by atoms with Gasteiger partial charge in [0.15, 0.2) is 0 Å². The lowest BCUT2D eigenvalue weighted by Gasteiger charge is -2.07. The molecule has 1 aromatic rings. The number of hydrogen-bond donors (Lipinski definition) is 1. The van der Waals surface area contributed by atoms with Crippen LogP contribution in [0, 0.1) is 0 Å². The van der Waals surface area contributed by atoms with Crippen LogP contribution in [0.3, 0.4) is 0 Å². The van der Waals surface area contributed by atoms with E-state index in [0.717, 1.165) is 15.4 Å². The van der Waals surface area contributed by atoms with Crippen molar-refractivity contribution in [3.8, 4) is 0 Å². The number of benzene rings is 1. The molecular formula is C13H17Br2NO3. The van der Waals surface area contributed by atoms with Crippen LogP contribution in [0.1, 0.15) is 16.8 Å². The molecule has 4 nitrogen and oxygen atoms in total. The van der Waals surface area contributed by atoms with Crippen LogP contribution in [0.5, 0.6) is 0 Å². The van der Waals surface area contributed by atoms with Crippen molar-refractivity contribution in [2.45, 2.75) is 6.42 Å². The van der Waals surface area contributed by atoms with Gasteiger partial charge in [0.2, 0.25) is 0 Å². The molecule has 1 amide bonds. The van der Waals surface area contributed by atoms with Crippen LogP contribution < -0.4 is 5.32 Å². The van der Waals surface area contributed by atoms with Gasteiger partial charge in [-0.2, -0.15) is 0 Å². The topological polar surface area (TPSA) is 47.6 Å². The fourth-order valence-electron chi connectivity index (χ4n) is 1.39. The van der Waals surface area contributed by atoms with Crippen molar-refractivity contribution in [3.63, 3.8) is 0 Å². The fourth-order valence-corrected chi connectivity index (χ4v) is 2.62. The second-order valence-corrected chi connectivity index (χ2v) is 5.61. The molecule has 0 aromatic heterocycles. The SMILES string of the molecule is COCCOCCCNC(=O)c1ccc(Br)cc1Br. The summed E-state index contributed by atoms with van der Waals surface area (Å²) < 4.78 is 11.9. The first-order chi connectivity index (χ1) is 9.15. The van der Waals surface area contributed by atoms with Crippen LogP contribution >= 0.6 is 31.9 Å². The van der Waals surface area contributed by atoms with Crippen LogP contribution in [-0.2, 0) is 9.47 Å². The Kier molecular flexibility index (Phi) is 8.29. The minimum Gasteiger partial charge on any atom is -0.382 e. The number of carbonyl (C=O) groups is 1. The summed E-state index contributed by atoms with van der Waals surface area (Å²) in [5, 5.41) is 2.85. The molecule has 1 N–H and O–H groups in total. The van der Waals surface area contributed by atoms with E-state index in [1.54, 1.807) is 13.2 Å². The lowest BCUT2D eigenvalue weighted by atomic mass is 10.2. The Bertz CT molecular complexity index is 413. The van der Waals surface area contributed by atoms with Gasteiger partial charge in [0.25, 0.3) is 5.91 Å². The van der Waals surface area contributed by atoms with E-state index in [1.807, 2.05) is 12.1 Å². The van der Waals surface area contributed by atoms with E-state index in [-0.39, 0.29) is 5.91 Å². The molecule has 1 aromatic carbocycles. The molecule has 0 saturated carbocycles. The van der Waals surface area contributed by atoms with Crippen molar-refractivity contribution in [1.29, 1.82) is 0 Å². The lowest BCUT2D eigenvalue weighted by Crippen LogP contribution is -2.25. The third kappa shape index (κ3) is 6.51. The van der Waals surface area contributed by atoms with Gasteiger partial charge in [-0.15, -0.1) is 0 Å². The highest BCUT2D eigenvalue weighted by Crippen LogP contribution is 2.21. The van der Waals surface area contributed by atoms with Crippen molar-refractivity contribution in [2.75, 3.05) is 33.5 Å². The number of hydrogen-bond acceptors (Lipinski definition) is 3. The maximum atomic E-state index is 11.9. The second kappa shape index (κ2) is 9.47. The average Bonchev–Trinajstić information content (AvgIpc) is 2.37. The van der Waals surface area contributed by atoms with Gasteiger partial charge in [-0.1, -0.05) is 15.9 Å². The number of amides is 1. The van der Waals surface area contributed by atoms with E-state index in [2.05, 4.69) is 37.2 Å². The Balaban J connectivity index is 2.24. The van der Waals surface area contributed by atoms with Crippen LogP contribution in [-0.4, -0.2) is 39.4 Å². The van der Waals surface area contributed by atoms with E-state index in [1.165, 1.54) is 0 Å². The Morgan fingerprint density at radius 2 is 2.05 bits per heavy atom. The van der Waals surface area contributed by atoms with Crippen LogP contribution in [0.15, 0.2) is 27.1 Å². The number of ether oxygens (including phenoxy) is 2. The number of halogens is 2. The van der Waals surface area contributed by atoms with E-state index in [9.17, 15) is 4.79 Å². The molecule has 0 aliphatic carbocycles. The minimum absolute atomic E-state index is 0.0868. The van der Waals surface area contributed by atoms with Gasteiger partial charge in [-0.05, 0) is 40.5 Å². The highest BCUT2D eigenvalue weighted by Gasteiger charge is 2.09. The highest BCUT2D eigenvalue weighted by atomic mass is 79.9. The van der Waals surface area contributed by atoms with Crippen LogP contribution in [0.2, 0.25) is 0 Å². The molecule has 6 heteroatoms. The van der Waals surface area contributed by atoms with Gasteiger partial charge in [0.1, 0.15) is 0 Å². The number of methoxy groups -OCH3 is 1. The summed E-state index contributed by atoms with van der Waals surface area (Å²) in [6, 6.07) is 5.47. The molecule has 0 heterocycles. The summed E-state index contributed by atoms with van der Waals surface area (Å²) in [4.78, 5) is 11.9. The van der Waals surface area contributed by atoms with E-state index in [0.29, 0.717) is 31.9 Å². The summed E-state index contributed by atoms with van der Waals surface area (Å²) in [7, 11) is 1.64. The standard InChI is InChI=1S/C13H17Br2NO3/c1-18-7-8-19-6-2-5-16-13(17)11-4-3-10(14)9-12(11)15/h3-4,9H,2,5-8H2,1H3,(H,16,17). The van der Waals surface area contributed by atoms with Gasteiger partial charge < -0.3 is 14.8 Å². The summed E-state index contributed by atoms with van der Waals surface area (Å²) in [6.07, 6.45) is 0.781. The van der Waals surface area contributed by atoms with Gasteiger partial charge in [-0.25, -0.2) is 0 Å². The second-order valence-electron chi connectivity index (χ2n) is 3.84. The van der Waals surface area contributed by atoms with Crippen LogP contribution in [0.4, 0.5) is 0 Å². The van der Waals surface area contributed by atoms with Crippen molar-refractivity contribution in [2.24, 2.45) is 0 Å². The van der Waals surface area contributed by atoms with Crippen molar-refractivity contribution in [3.05, 3.63) is 32.7 Å². The largest absolute Gasteiger partial charge is 0.382 e. The molecular weight excluding hydrogens is 378 g/mol. The maximum absolute atomic E-state index is 11.9. The third-order valence-corrected chi connectivity index (χ3v) is 3.51. The Morgan fingerprint density at radius 3 is 2.74 bits per heavy atom. The fraction of sp³-hybridized carbons (Fsp3) is 0.462. The zero-order chi connectivity index (χ0) is 14.1. The van der Waals surface area contributed by atoms with E-state index >= 15 is 0 Å².